The Morgan fingerprint density at radius 2 is 1.50 bits per heavy atom. The van der Waals surface area contributed by atoms with E-state index in [0.29, 0.717) is 11.4 Å². The van der Waals surface area contributed by atoms with Gasteiger partial charge in [0.05, 0.1) is 11.4 Å². The molecule has 2 aromatic rings. The van der Waals surface area contributed by atoms with Gasteiger partial charge in [-0.05, 0) is 11.6 Å². The van der Waals surface area contributed by atoms with Gasteiger partial charge >= 0.3 is 0 Å². The van der Waals surface area contributed by atoms with E-state index in [9.17, 15) is 0 Å². The molecule has 0 saturated heterocycles. The van der Waals surface area contributed by atoms with E-state index in [-0.39, 0.29) is 0 Å². The molecule has 0 aliphatic carbocycles. The van der Waals surface area contributed by atoms with Gasteiger partial charge in [-0.25, -0.2) is 0 Å². The summed E-state index contributed by atoms with van der Waals surface area (Å²) in [6, 6.07) is 15.3. The highest BCUT2D eigenvalue weighted by atomic mass is 15.4. The van der Waals surface area contributed by atoms with E-state index in [0.717, 1.165) is 11.1 Å². The Kier molecular flexibility index (Phi) is 3.60. The highest BCUT2D eigenvalue weighted by Gasteiger charge is 2.09. The summed E-state index contributed by atoms with van der Waals surface area (Å²) in [4.78, 5) is 0. The summed E-state index contributed by atoms with van der Waals surface area (Å²) >= 11 is 0. The van der Waals surface area contributed by atoms with Crippen molar-refractivity contribution in [2.75, 3.05) is 10.9 Å². The van der Waals surface area contributed by atoms with Crippen molar-refractivity contribution < 1.29 is 0 Å². The van der Waals surface area contributed by atoms with Crippen molar-refractivity contribution in [2.45, 2.75) is 0 Å². The molecule has 0 atom stereocenters. The largest absolute Gasteiger partial charge is 0.258 e. The molecular formula is C12H12N6. The second-order valence-electron chi connectivity index (χ2n) is 3.54. The van der Waals surface area contributed by atoms with Crippen molar-refractivity contribution in [3.05, 3.63) is 48.5 Å². The molecule has 0 saturated carbocycles. The summed E-state index contributed by atoms with van der Waals surface area (Å²) in [5.74, 6) is 0. The van der Waals surface area contributed by atoms with Crippen LogP contribution in [0.2, 0.25) is 0 Å². The number of nitrogens with zero attached hydrogens (tertiary/aromatic N) is 2. The summed E-state index contributed by atoms with van der Waals surface area (Å²) in [5.41, 5.74) is 22.1. The predicted octanol–water partition coefficient (Wildman–Crippen LogP) is 4.07. The zero-order valence-electron chi connectivity index (χ0n) is 9.51. The highest BCUT2D eigenvalue weighted by Crippen LogP contribution is 2.34. The van der Waals surface area contributed by atoms with E-state index in [4.69, 9.17) is 11.1 Å². The van der Waals surface area contributed by atoms with Gasteiger partial charge in [0.25, 0.3) is 0 Å². The highest BCUT2D eigenvalue weighted by molar-refractivity contribution is 5.86. The molecule has 2 aromatic carbocycles. The molecule has 90 valence electrons. The molecule has 2 rings (SSSR count). The first-order valence-electron chi connectivity index (χ1n) is 5.30. The molecular weight excluding hydrogens is 228 g/mol. The standard InChI is InChI=1S/C12H12N6/c13-17-15-11-8-4-7-10(12(11)16-18-14)9-5-2-1-3-6-9/h1-8H,(H2,13,15)(H2,14,16). The first-order valence-corrected chi connectivity index (χ1v) is 5.30. The van der Waals surface area contributed by atoms with Crippen molar-refractivity contribution in [1.29, 1.82) is 11.1 Å². The van der Waals surface area contributed by atoms with Crippen LogP contribution < -0.4 is 10.9 Å². The molecule has 0 aromatic heterocycles. The fourth-order valence-electron chi connectivity index (χ4n) is 1.74. The average molecular weight is 240 g/mol. The van der Waals surface area contributed by atoms with Crippen LogP contribution in [0.15, 0.2) is 59.0 Å². The molecule has 0 aliphatic rings. The molecule has 4 N–H and O–H groups in total. The van der Waals surface area contributed by atoms with Crippen molar-refractivity contribution in [2.24, 2.45) is 10.4 Å². The van der Waals surface area contributed by atoms with Crippen LogP contribution >= 0.6 is 0 Å². The third-order valence-electron chi connectivity index (χ3n) is 2.49. The van der Waals surface area contributed by atoms with Gasteiger partial charge in [0.15, 0.2) is 0 Å². The minimum absolute atomic E-state index is 0.599. The molecule has 0 aliphatic heterocycles. The fourth-order valence-corrected chi connectivity index (χ4v) is 1.74. The van der Waals surface area contributed by atoms with Crippen LogP contribution in [-0.2, 0) is 0 Å². The lowest BCUT2D eigenvalue weighted by molar-refractivity contribution is 1.04. The maximum Gasteiger partial charge on any atom is 0.0907 e. The van der Waals surface area contributed by atoms with E-state index in [1.807, 2.05) is 42.5 Å². The molecule has 6 heteroatoms. The predicted molar refractivity (Wildman–Crippen MR) is 69.4 cm³/mol. The maximum atomic E-state index is 6.94. The van der Waals surface area contributed by atoms with Crippen LogP contribution in [0.25, 0.3) is 11.1 Å². The summed E-state index contributed by atoms with van der Waals surface area (Å²) in [6.07, 6.45) is 0. The molecule has 18 heavy (non-hydrogen) atoms. The monoisotopic (exact) mass is 240 g/mol. The molecule has 0 unspecified atom stereocenters. The molecule has 0 radical (unpaired) electrons. The number of rotatable bonds is 5. The van der Waals surface area contributed by atoms with E-state index >= 15 is 0 Å². The molecule has 0 heterocycles. The van der Waals surface area contributed by atoms with Crippen molar-refractivity contribution in [3.8, 4) is 11.1 Å². The molecule has 0 bridgehead atoms. The lowest BCUT2D eigenvalue weighted by Gasteiger charge is -2.12. The van der Waals surface area contributed by atoms with Gasteiger partial charge in [-0.2, -0.15) is 11.1 Å². The van der Waals surface area contributed by atoms with Crippen LogP contribution in [0.4, 0.5) is 11.4 Å². The van der Waals surface area contributed by atoms with E-state index in [1.54, 1.807) is 6.07 Å². The zero-order chi connectivity index (χ0) is 12.8. The smallest absolute Gasteiger partial charge is 0.0907 e. The van der Waals surface area contributed by atoms with Crippen molar-refractivity contribution in [1.82, 2.24) is 0 Å². The Labute approximate surface area is 104 Å². The third kappa shape index (κ3) is 2.32. The quantitative estimate of drug-likeness (QED) is 0.468. The molecule has 0 fully saturated rings. The van der Waals surface area contributed by atoms with Crippen LogP contribution in [0.1, 0.15) is 0 Å². The summed E-state index contributed by atoms with van der Waals surface area (Å²) < 4.78 is 0. The molecule has 6 nitrogen and oxygen atoms in total. The Morgan fingerprint density at radius 3 is 2.17 bits per heavy atom. The topological polar surface area (TPSA) is 96.5 Å². The first-order chi connectivity index (χ1) is 8.86. The zero-order valence-corrected chi connectivity index (χ0v) is 9.51. The van der Waals surface area contributed by atoms with Crippen molar-refractivity contribution in [3.63, 3.8) is 0 Å². The van der Waals surface area contributed by atoms with Gasteiger partial charge in [-0.15, -0.1) is 0 Å². The Morgan fingerprint density at radius 1 is 0.778 bits per heavy atom. The van der Waals surface area contributed by atoms with Gasteiger partial charge in [-0.1, -0.05) is 52.9 Å². The summed E-state index contributed by atoms with van der Waals surface area (Å²) in [5, 5.41) is 6.33. The normalized spacial score (nSPS) is 9.56. The van der Waals surface area contributed by atoms with Gasteiger partial charge in [0, 0.05) is 5.56 Å². The number of nitrogens with one attached hydrogen (secondary N) is 4. The van der Waals surface area contributed by atoms with Crippen LogP contribution in [0.3, 0.4) is 0 Å². The second kappa shape index (κ2) is 5.53. The van der Waals surface area contributed by atoms with Crippen molar-refractivity contribution >= 4 is 11.4 Å². The summed E-state index contributed by atoms with van der Waals surface area (Å²) in [6.45, 7) is 0. The number of hydrogen-bond acceptors (Lipinski definition) is 4. The van der Waals surface area contributed by atoms with Crippen LogP contribution in [-0.4, -0.2) is 0 Å². The Hall–Kier alpha value is -2.76. The Bertz CT molecular complexity index is 552. The number of benzene rings is 2. The fraction of sp³-hybridized carbons (Fsp3) is 0. The maximum absolute atomic E-state index is 6.94. The number of anilines is 2. The third-order valence-corrected chi connectivity index (χ3v) is 2.49. The Balaban J connectivity index is 2.55. The van der Waals surface area contributed by atoms with Crippen LogP contribution in [0, 0.1) is 11.1 Å². The second-order valence-corrected chi connectivity index (χ2v) is 3.54. The lowest BCUT2D eigenvalue weighted by Crippen LogP contribution is -1.97. The van der Waals surface area contributed by atoms with E-state index < -0.39 is 0 Å². The van der Waals surface area contributed by atoms with Gasteiger partial charge in [0.2, 0.25) is 0 Å². The van der Waals surface area contributed by atoms with E-state index in [1.165, 1.54) is 0 Å². The van der Waals surface area contributed by atoms with Crippen LogP contribution in [0.5, 0.6) is 0 Å². The lowest BCUT2D eigenvalue weighted by atomic mass is 10.0. The van der Waals surface area contributed by atoms with Gasteiger partial charge in [-0.3, -0.25) is 10.9 Å². The first kappa shape index (κ1) is 11.7. The SMILES string of the molecule is N=NNc1cccc(-c2ccccc2)c1NN=N. The summed E-state index contributed by atoms with van der Waals surface area (Å²) in [7, 11) is 0. The van der Waals surface area contributed by atoms with E-state index in [2.05, 4.69) is 21.3 Å². The number of para-hydroxylation sites is 1. The minimum Gasteiger partial charge on any atom is -0.258 e. The number of hydrogen-bond donors (Lipinski definition) is 4. The molecule has 0 amide bonds. The van der Waals surface area contributed by atoms with Gasteiger partial charge < -0.3 is 0 Å². The van der Waals surface area contributed by atoms with Gasteiger partial charge in [0.1, 0.15) is 0 Å². The molecule has 0 spiro atoms. The minimum atomic E-state index is 0.599. The average Bonchev–Trinajstić information content (AvgIpc) is 2.42.